The zero-order chi connectivity index (χ0) is 25.0. The Morgan fingerprint density at radius 2 is 0.774 bits per heavy atom. The van der Waals surface area contributed by atoms with E-state index in [1.54, 1.807) is 0 Å². The van der Waals surface area contributed by atoms with Crippen molar-refractivity contribution in [2.75, 3.05) is 5.88 Å². The van der Waals surface area contributed by atoms with Gasteiger partial charge in [-0.15, -0.1) is 11.6 Å². The van der Waals surface area contributed by atoms with E-state index in [1.165, 1.54) is 0 Å². The fourth-order valence-electron chi connectivity index (χ4n) is 2.42. The molecule has 0 spiro atoms. The molecule has 1 aromatic rings. The Kier molecular flexibility index (Phi) is 6.79. The van der Waals surface area contributed by atoms with Crippen LogP contribution in [0.5, 0.6) is 0 Å². The van der Waals surface area contributed by atoms with Crippen LogP contribution in [0, 0.1) is 0 Å². The van der Waals surface area contributed by atoms with Crippen LogP contribution in [0.25, 0.3) is 0 Å². The van der Waals surface area contributed by atoms with Crippen molar-refractivity contribution in [1.82, 2.24) is 0 Å². The van der Waals surface area contributed by atoms with Crippen LogP contribution in [0.2, 0.25) is 0 Å². The first-order valence-electron chi connectivity index (χ1n) is 6.94. The van der Waals surface area contributed by atoms with Gasteiger partial charge in [-0.3, -0.25) is 0 Å². The minimum Gasteiger partial charge on any atom is -0.386 e. The molecule has 2 nitrogen and oxygen atoms in total. The van der Waals surface area contributed by atoms with E-state index >= 15 is 0 Å². The smallest absolute Gasteiger partial charge is 0.386 e. The van der Waals surface area contributed by atoms with Gasteiger partial charge < -0.3 is 5.73 Å². The molecule has 0 fully saturated rings. The molecular weight excluding hydrogens is 505 g/mol. The van der Waals surface area contributed by atoms with Gasteiger partial charge in [0.15, 0.2) is 0 Å². The van der Waals surface area contributed by atoms with E-state index in [0.29, 0.717) is 0 Å². The molecule has 0 bridgehead atoms. The molecule has 1 aromatic carbocycles. The van der Waals surface area contributed by atoms with Crippen LogP contribution in [-0.4, -0.2) is 11.7 Å². The molecule has 0 radical (unpaired) electrons. The Balaban J connectivity index is 4.82. The lowest BCUT2D eigenvalue weighted by Gasteiger charge is -2.29. The second kappa shape index (κ2) is 7.81. The predicted molar refractivity (Wildman–Crippen MR) is 73.5 cm³/mol. The maximum atomic E-state index is 13.3. The summed E-state index contributed by atoms with van der Waals surface area (Å²) in [6.07, 6.45) is -34.1. The standard InChI is InChI=1S/C13H4ClF15N2/c14-1-2(30)31-8-6(12(24,25)26)4(10(18,19)20)3(9(15,16)17)5(11(21,22)23)7(8)13(27,28)29/h1H2,(H2,30,31). The van der Waals surface area contributed by atoms with Gasteiger partial charge in [0.1, 0.15) is 5.84 Å². The average Bonchev–Trinajstić information content (AvgIpc) is 2.47. The van der Waals surface area contributed by atoms with Crippen molar-refractivity contribution in [1.29, 1.82) is 0 Å². The van der Waals surface area contributed by atoms with Crippen molar-refractivity contribution in [3.05, 3.63) is 27.8 Å². The SMILES string of the molecule is NC(CCl)=Nc1c(C(F)(F)F)c(C(F)(F)F)c(C(F)(F)F)c(C(F)(F)F)c1C(F)(F)F. The Hall–Kier alpha value is -2.07. The van der Waals surface area contributed by atoms with Crippen LogP contribution < -0.4 is 5.73 Å². The number of aliphatic imine (C=N–C) groups is 1. The van der Waals surface area contributed by atoms with Crippen LogP contribution in [0.3, 0.4) is 0 Å². The Morgan fingerprint density at radius 1 is 0.548 bits per heavy atom. The van der Waals surface area contributed by atoms with Crippen LogP contribution in [0.15, 0.2) is 4.99 Å². The largest absolute Gasteiger partial charge is 0.419 e. The minimum atomic E-state index is -6.96. The molecule has 0 atom stereocenters. The van der Waals surface area contributed by atoms with Gasteiger partial charge in [-0.1, -0.05) is 0 Å². The highest BCUT2D eigenvalue weighted by atomic mass is 35.5. The zero-order valence-electron chi connectivity index (χ0n) is 13.8. The maximum absolute atomic E-state index is 13.3. The lowest BCUT2D eigenvalue weighted by Crippen LogP contribution is -2.31. The lowest BCUT2D eigenvalue weighted by atomic mass is 9.87. The highest BCUT2D eigenvalue weighted by molar-refractivity contribution is 6.28. The number of hydrogen-bond acceptors (Lipinski definition) is 1. The van der Waals surface area contributed by atoms with Crippen LogP contribution >= 0.6 is 11.6 Å². The average molecular weight is 509 g/mol. The molecule has 2 N–H and O–H groups in total. The fraction of sp³-hybridized carbons (Fsp3) is 0.462. The van der Waals surface area contributed by atoms with E-state index in [4.69, 9.17) is 17.3 Å². The van der Waals surface area contributed by atoms with Crippen molar-refractivity contribution >= 4 is 23.1 Å². The van der Waals surface area contributed by atoms with Crippen LogP contribution in [0.4, 0.5) is 71.5 Å². The minimum absolute atomic E-state index is 1.29. The normalized spacial score (nSPS) is 14.9. The summed E-state index contributed by atoms with van der Waals surface area (Å²) in [4.78, 5) is 2.24. The zero-order valence-corrected chi connectivity index (χ0v) is 14.5. The summed E-state index contributed by atoms with van der Waals surface area (Å²) in [5.74, 6) is -2.84. The first kappa shape index (κ1) is 27.0. The molecule has 0 aliphatic carbocycles. The number of alkyl halides is 16. The van der Waals surface area contributed by atoms with Gasteiger partial charge in [0.25, 0.3) is 0 Å². The van der Waals surface area contributed by atoms with Crippen LogP contribution in [-0.2, 0) is 30.9 Å². The van der Waals surface area contributed by atoms with Gasteiger partial charge in [-0.2, -0.15) is 65.9 Å². The molecule has 1 rings (SSSR count). The quantitative estimate of drug-likeness (QED) is 0.198. The maximum Gasteiger partial charge on any atom is 0.419 e. The van der Waals surface area contributed by atoms with Crippen LogP contribution in [0.1, 0.15) is 27.8 Å². The second-order valence-electron chi connectivity index (χ2n) is 5.45. The third-order valence-corrected chi connectivity index (χ3v) is 3.56. The number of nitrogens with two attached hydrogens (primary N) is 1. The molecule has 0 saturated heterocycles. The topological polar surface area (TPSA) is 38.4 Å². The number of hydrogen-bond donors (Lipinski definition) is 1. The number of halogens is 16. The van der Waals surface area contributed by atoms with Crippen molar-refractivity contribution in [2.45, 2.75) is 30.9 Å². The van der Waals surface area contributed by atoms with Crippen molar-refractivity contribution in [3.63, 3.8) is 0 Å². The summed E-state index contributed by atoms with van der Waals surface area (Å²) in [6.45, 7) is 0. The number of amidine groups is 1. The fourth-order valence-corrected chi connectivity index (χ4v) is 2.48. The summed E-state index contributed by atoms with van der Waals surface area (Å²) in [5, 5.41) is 0. The Morgan fingerprint density at radius 3 is 0.968 bits per heavy atom. The van der Waals surface area contributed by atoms with Crippen molar-refractivity contribution in [2.24, 2.45) is 10.7 Å². The molecule has 0 aromatic heterocycles. The van der Waals surface area contributed by atoms with Crippen molar-refractivity contribution < 1.29 is 65.9 Å². The van der Waals surface area contributed by atoms with E-state index in [-0.39, 0.29) is 0 Å². The van der Waals surface area contributed by atoms with Gasteiger partial charge in [0, 0.05) is 0 Å². The number of rotatable bonds is 2. The summed E-state index contributed by atoms with van der Waals surface area (Å²) in [6, 6.07) is 0. The highest BCUT2D eigenvalue weighted by Gasteiger charge is 2.60. The first-order chi connectivity index (χ1) is 13.5. The molecule has 31 heavy (non-hydrogen) atoms. The molecule has 0 aliphatic heterocycles. The van der Waals surface area contributed by atoms with E-state index in [9.17, 15) is 65.9 Å². The summed E-state index contributed by atoms with van der Waals surface area (Å²) in [5.41, 5.74) is -18.3. The molecular formula is C13H4ClF15N2. The first-order valence-corrected chi connectivity index (χ1v) is 7.48. The summed E-state index contributed by atoms with van der Waals surface area (Å²) < 4.78 is 199. The van der Waals surface area contributed by atoms with Gasteiger partial charge in [0.05, 0.1) is 39.4 Å². The monoisotopic (exact) mass is 508 g/mol. The Labute approximate surface area is 165 Å². The van der Waals surface area contributed by atoms with E-state index in [1.807, 2.05) is 0 Å². The third kappa shape index (κ3) is 5.60. The number of nitrogens with zero attached hydrogens (tertiary/aromatic N) is 1. The second-order valence-corrected chi connectivity index (χ2v) is 5.72. The number of benzene rings is 1. The molecule has 0 heterocycles. The predicted octanol–water partition coefficient (Wildman–Crippen LogP) is 7.01. The summed E-state index contributed by atoms with van der Waals surface area (Å²) in [7, 11) is 0. The van der Waals surface area contributed by atoms with Gasteiger partial charge >= 0.3 is 30.9 Å². The molecule has 0 aliphatic rings. The van der Waals surface area contributed by atoms with E-state index < -0.39 is 76.1 Å². The van der Waals surface area contributed by atoms with Crippen molar-refractivity contribution in [3.8, 4) is 0 Å². The van der Waals surface area contributed by atoms with Gasteiger partial charge in [-0.25, -0.2) is 4.99 Å². The summed E-state index contributed by atoms with van der Waals surface area (Å²) >= 11 is 4.96. The lowest BCUT2D eigenvalue weighted by molar-refractivity contribution is -0.188. The third-order valence-electron chi connectivity index (χ3n) is 3.28. The van der Waals surface area contributed by atoms with E-state index in [0.717, 1.165) is 0 Å². The molecule has 0 amide bonds. The van der Waals surface area contributed by atoms with Gasteiger partial charge in [0.2, 0.25) is 0 Å². The molecule has 178 valence electrons. The van der Waals surface area contributed by atoms with E-state index in [2.05, 4.69) is 4.99 Å². The Bertz CT molecular complexity index is 815. The molecule has 18 heteroatoms. The van der Waals surface area contributed by atoms with Gasteiger partial charge in [-0.05, 0) is 0 Å². The highest BCUT2D eigenvalue weighted by Crippen LogP contribution is 2.58. The molecule has 0 unspecified atom stereocenters. The molecule has 0 saturated carbocycles.